The second kappa shape index (κ2) is 8.44. The van der Waals surface area contributed by atoms with Crippen LogP contribution in [0.2, 0.25) is 0 Å². The third kappa shape index (κ3) is 4.14. The molecule has 0 saturated carbocycles. The zero-order valence-corrected chi connectivity index (χ0v) is 17.0. The van der Waals surface area contributed by atoms with Crippen LogP contribution < -0.4 is 24.4 Å². The number of rotatable bonds is 5. The largest absolute Gasteiger partial charge is 0.482 e. The summed E-state index contributed by atoms with van der Waals surface area (Å²) in [5.74, 6) is 1.42. The summed E-state index contributed by atoms with van der Waals surface area (Å²) in [5.41, 5.74) is 1.70. The average molecular weight is 425 g/mol. The Morgan fingerprint density at radius 1 is 0.935 bits per heavy atom. The minimum absolute atomic E-state index is 0.0129. The van der Waals surface area contributed by atoms with E-state index in [4.69, 9.17) is 18.9 Å². The number of carbonyl (C=O) groups is 2. The predicted molar refractivity (Wildman–Crippen MR) is 112 cm³/mol. The molecule has 0 atom stereocenters. The number of ether oxygens (including phenoxy) is 4. The highest BCUT2D eigenvalue weighted by atomic mass is 16.7. The fraction of sp³-hybridized carbons (Fsp3) is 0.364. The molecule has 9 nitrogen and oxygen atoms in total. The minimum Gasteiger partial charge on any atom is -0.482 e. The maximum absolute atomic E-state index is 12.7. The predicted octanol–water partition coefficient (Wildman–Crippen LogP) is 1.73. The number of amides is 2. The van der Waals surface area contributed by atoms with E-state index in [9.17, 15) is 9.59 Å². The molecule has 9 heteroatoms. The molecule has 2 amide bonds. The summed E-state index contributed by atoms with van der Waals surface area (Å²) in [6.45, 7) is 4.61. The molecular weight excluding hydrogens is 402 g/mol. The maximum Gasteiger partial charge on any atom is 0.265 e. The van der Waals surface area contributed by atoms with Crippen LogP contribution in [0.3, 0.4) is 0 Å². The zero-order chi connectivity index (χ0) is 21.2. The van der Waals surface area contributed by atoms with Gasteiger partial charge in [0.2, 0.25) is 6.79 Å². The first-order valence-corrected chi connectivity index (χ1v) is 10.3. The van der Waals surface area contributed by atoms with Gasteiger partial charge in [0.1, 0.15) is 5.75 Å². The molecule has 0 bridgehead atoms. The van der Waals surface area contributed by atoms with Gasteiger partial charge in [-0.15, -0.1) is 0 Å². The van der Waals surface area contributed by atoms with Crippen molar-refractivity contribution in [2.45, 2.75) is 0 Å². The van der Waals surface area contributed by atoms with Gasteiger partial charge in [0.25, 0.3) is 11.8 Å². The molecule has 1 fully saturated rings. The summed E-state index contributed by atoms with van der Waals surface area (Å²) in [5, 5.41) is 2.88. The second-order valence-electron chi connectivity index (χ2n) is 7.49. The highest BCUT2D eigenvalue weighted by Crippen LogP contribution is 2.35. The van der Waals surface area contributed by atoms with Gasteiger partial charge < -0.3 is 29.2 Å². The van der Waals surface area contributed by atoms with Crippen molar-refractivity contribution in [3.05, 3.63) is 42.0 Å². The van der Waals surface area contributed by atoms with E-state index < -0.39 is 0 Å². The van der Waals surface area contributed by atoms with Gasteiger partial charge in [-0.2, -0.15) is 0 Å². The molecule has 0 unspecified atom stereocenters. The first-order chi connectivity index (χ1) is 15.2. The minimum atomic E-state index is -0.277. The molecule has 3 aliphatic rings. The average Bonchev–Trinajstić information content (AvgIpc) is 3.27. The number of nitrogens with zero attached hydrogens (tertiary/aromatic N) is 2. The standard InChI is InChI=1S/C22H23N3O6/c26-21-13-29-18-4-2-16(12-17(18)25(21)6-5-24-7-9-28-10-8-24)23-22(27)15-1-3-19-20(11-15)31-14-30-19/h1-4,11-12H,5-10,13-14H2,(H,23,27). The molecule has 3 heterocycles. The molecule has 0 radical (unpaired) electrons. The monoisotopic (exact) mass is 425 g/mol. The number of hydrogen-bond donors (Lipinski definition) is 1. The van der Waals surface area contributed by atoms with Gasteiger partial charge in [-0.3, -0.25) is 14.5 Å². The Kier molecular flexibility index (Phi) is 5.35. The lowest BCUT2D eigenvalue weighted by Crippen LogP contribution is -2.45. The van der Waals surface area contributed by atoms with E-state index in [2.05, 4.69) is 10.2 Å². The number of anilines is 2. The molecule has 0 aromatic heterocycles. The fourth-order valence-electron chi connectivity index (χ4n) is 3.83. The molecule has 2 aromatic carbocycles. The van der Waals surface area contributed by atoms with Gasteiger partial charge in [0, 0.05) is 37.4 Å². The number of benzene rings is 2. The molecule has 0 aliphatic carbocycles. The molecule has 162 valence electrons. The Bertz CT molecular complexity index is 1000. The van der Waals surface area contributed by atoms with Crippen molar-refractivity contribution in [2.75, 3.05) is 63.0 Å². The van der Waals surface area contributed by atoms with Gasteiger partial charge in [-0.1, -0.05) is 0 Å². The Morgan fingerprint density at radius 3 is 2.61 bits per heavy atom. The molecule has 0 spiro atoms. The first kappa shape index (κ1) is 19.7. The van der Waals surface area contributed by atoms with Crippen LogP contribution in [0.15, 0.2) is 36.4 Å². The van der Waals surface area contributed by atoms with Crippen molar-refractivity contribution in [1.82, 2.24) is 4.90 Å². The van der Waals surface area contributed by atoms with Crippen molar-refractivity contribution in [3.8, 4) is 17.2 Å². The Labute approximate surface area is 179 Å². The summed E-state index contributed by atoms with van der Waals surface area (Å²) >= 11 is 0. The van der Waals surface area contributed by atoms with E-state index >= 15 is 0 Å². The number of hydrogen-bond acceptors (Lipinski definition) is 7. The Balaban J connectivity index is 1.31. The van der Waals surface area contributed by atoms with Crippen LogP contribution in [-0.2, 0) is 9.53 Å². The van der Waals surface area contributed by atoms with Crippen LogP contribution in [0.4, 0.5) is 11.4 Å². The smallest absolute Gasteiger partial charge is 0.265 e. The molecule has 3 aliphatic heterocycles. The number of fused-ring (bicyclic) bond motifs is 2. The lowest BCUT2D eigenvalue weighted by atomic mass is 10.1. The van der Waals surface area contributed by atoms with E-state index in [1.54, 1.807) is 41.3 Å². The van der Waals surface area contributed by atoms with Crippen LogP contribution in [0, 0.1) is 0 Å². The Morgan fingerprint density at radius 2 is 1.74 bits per heavy atom. The highest BCUT2D eigenvalue weighted by molar-refractivity contribution is 6.05. The van der Waals surface area contributed by atoms with Crippen LogP contribution in [-0.4, -0.2) is 69.5 Å². The van der Waals surface area contributed by atoms with E-state index in [1.807, 2.05) is 0 Å². The van der Waals surface area contributed by atoms with Crippen molar-refractivity contribution >= 4 is 23.2 Å². The second-order valence-corrected chi connectivity index (χ2v) is 7.49. The topological polar surface area (TPSA) is 89.6 Å². The quantitative estimate of drug-likeness (QED) is 0.780. The van der Waals surface area contributed by atoms with Crippen molar-refractivity contribution in [1.29, 1.82) is 0 Å². The molecule has 31 heavy (non-hydrogen) atoms. The molecule has 1 saturated heterocycles. The molecule has 5 rings (SSSR count). The van der Waals surface area contributed by atoms with Gasteiger partial charge in [-0.25, -0.2) is 0 Å². The van der Waals surface area contributed by atoms with Crippen molar-refractivity contribution in [3.63, 3.8) is 0 Å². The van der Waals surface area contributed by atoms with E-state index in [-0.39, 0.29) is 25.2 Å². The highest BCUT2D eigenvalue weighted by Gasteiger charge is 2.27. The van der Waals surface area contributed by atoms with Crippen LogP contribution in [0.25, 0.3) is 0 Å². The van der Waals surface area contributed by atoms with Crippen molar-refractivity contribution < 1.29 is 28.5 Å². The number of carbonyl (C=O) groups excluding carboxylic acids is 2. The lowest BCUT2D eigenvalue weighted by molar-refractivity contribution is -0.121. The number of morpholine rings is 1. The van der Waals surface area contributed by atoms with Gasteiger partial charge >= 0.3 is 0 Å². The third-order valence-electron chi connectivity index (χ3n) is 5.54. The van der Waals surface area contributed by atoms with E-state index in [0.717, 1.165) is 19.6 Å². The van der Waals surface area contributed by atoms with Crippen LogP contribution in [0.5, 0.6) is 17.2 Å². The van der Waals surface area contributed by atoms with Gasteiger partial charge in [-0.05, 0) is 36.4 Å². The summed E-state index contributed by atoms with van der Waals surface area (Å²) in [6.07, 6.45) is 0. The van der Waals surface area contributed by atoms with Gasteiger partial charge in [0.05, 0.1) is 18.9 Å². The molecule has 2 aromatic rings. The normalized spacial score (nSPS) is 17.8. The Hall–Kier alpha value is -3.30. The van der Waals surface area contributed by atoms with Crippen LogP contribution >= 0.6 is 0 Å². The maximum atomic E-state index is 12.7. The summed E-state index contributed by atoms with van der Waals surface area (Å²) in [7, 11) is 0. The van der Waals surface area contributed by atoms with Crippen LogP contribution in [0.1, 0.15) is 10.4 Å². The molecular formula is C22H23N3O6. The first-order valence-electron chi connectivity index (χ1n) is 10.3. The summed E-state index contributed by atoms with van der Waals surface area (Å²) in [4.78, 5) is 29.3. The van der Waals surface area contributed by atoms with E-state index in [0.29, 0.717) is 53.9 Å². The van der Waals surface area contributed by atoms with Crippen molar-refractivity contribution in [2.24, 2.45) is 0 Å². The summed E-state index contributed by atoms with van der Waals surface area (Å²) < 4.78 is 21.6. The SMILES string of the molecule is O=C(Nc1ccc2c(c1)N(CCN1CCOCC1)C(=O)CO2)c1ccc2c(c1)OCO2. The fourth-order valence-corrected chi connectivity index (χ4v) is 3.83. The van der Waals surface area contributed by atoms with E-state index in [1.165, 1.54) is 0 Å². The van der Waals surface area contributed by atoms with Gasteiger partial charge in [0.15, 0.2) is 18.1 Å². The third-order valence-corrected chi connectivity index (χ3v) is 5.54. The number of nitrogens with one attached hydrogen (secondary N) is 1. The molecule has 1 N–H and O–H groups in total. The summed E-state index contributed by atoms with van der Waals surface area (Å²) in [6, 6.07) is 10.4. The lowest BCUT2D eigenvalue weighted by Gasteiger charge is -2.33. The zero-order valence-electron chi connectivity index (χ0n) is 17.0.